The Morgan fingerprint density at radius 1 is 0.329 bits per heavy atom. The van der Waals surface area contributed by atoms with Crippen LogP contribution in [0.15, 0.2) is 203 Å². The number of hydrogen-bond acceptors (Lipinski definition) is 7. The number of anilines is 8. The van der Waals surface area contributed by atoms with Gasteiger partial charge < -0.3 is 0 Å². The summed E-state index contributed by atoms with van der Waals surface area (Å²) in [6, 6.07) is 78.1. The van der Waals surface area contributed by atoms with Crippen LogP contribution in [-0.2, 0) is 17.6 Å². The Hall–Kier alpha value is -8.77. The third kappa shape index (κ3) is 4.96. The summed E-state index contributed by atoms with van der Waals surface area (Å²) in [7, 11) is 0. The Balaban J connectivity index is 1.16. The molecule has 0 amide bonds. The molecule has 12 aromatic rings. The molecule has 0 spiro atoms. The third-order valence-electron chi connectivity index (χ3n) is 14.5. The summed E-state index contributed by atoms with van der Waals surface area (Å²) < 4.78 is 22.4. The Labute approximate surface area is 408 Å². The molecule has 0 N–H and O–H groups in total. The van der Waals surface area contributed by atoms with Gasteiger partial charge in [0, 0.05) is 0 Å². The predicted octanol–water partition coefficient (Wildman–Crippen LogP) is 16.0. The molecule has 5 aliphatic heterocycles. The number of para-hydroxylation sites is 6. The molecule has 8 heteroatoms. The maximum absolute atomic E-state index is 6.75. The number of hydrogen-bond donors (Lipinski definition) is 0. The zero-order chi connectivity index (χ0) is 45.3. The van der Waals surface area contributed by atoms with Gasteiger partial charge in [0.05, 0.1) is 0 Å². The number of nitrogens with zero attached hydrogens (tertiary/aromatic N) is 4. The molecule has 330 valence electrons. The first-order valence-corrected chi connectivity index (χ1v) is 25.6. The van der Waals surface area contributed by atoms with Gasteiger partial charge in [-0.2, -0.15) is 0 Å². The summed E-state index contributed by atoms with van der Waals surface area (Å²) in [4.78, 5) is 10.0. The Morgan fingerprint density at radius 3 is 1.04 bits per heavy atom. The van der Waals surface area contributed by atoms with Crippen LogP contribution in [0.4, 0.5) is 45.5 Å². The van der Waals surface area contributed by atoms with Gasteiger partial charge in [0.25, 0.3) is 0 Å². The second-order valence-corrected chi connectivity index (χ2v) is 20.8. The molecule has 7 heterocycles. The molecule has 0 saturated heterocycles. The first-order chi connectivity index (χ1) is 34.7. The van der Waals surface area contributed by atoms with Crippen LogP contribution in [0.5, 0.6) is 11.5 Å². The van der Waals surface area contributed by atoms with Crippen molar-refractivity contribution in [1.29, 1.82) is 0 Å². The average Bonchev–Trinajstić information content (AvgIpc) is 4.14. The summed E-state index contributed by atoms with van der Waals surface area (Å²) in [5.41, 5.74) is 20.4. The van der Waals surface area contributed by atoms with Crippen molar-refractivity contribution in [3.8, 4) is 56.0 Å². The molecule has 70 heavy (non-hydrogen) atoms. The summed E-state index contributed by atoms with van der Waals surface area (Å²) in [6.07, 6.45) is 0. The van der Waals surface area contributed by atoms with Gasteiger partial charge in [-0.1, -0.05) is 0 Å². The van der Waals surface area contributed by atoms with Gasteiger partial charge in [0.2, 0.25) is 0 Å². The van der Waals surface area contributed by atoms with Gasteiger partial charge in [-0.3, -0.25) is 0 Å². The fourth-order valence-electron chi connectivity index (χ4n) is 11.4. The fraction of sp³-hybridized carbons (Fsp3) is 0. The molecule has 0 aliphatic carbocycles. The summed E-state index contributed by atoms with van der Waals surface area (Å²) in [6.45, 7) is 0. The van der Waals surface area contributed by atoms with E-state index in [0.717, 1.165) is 142 Å². The van der Waals surface area contributed by atoms with E-state index in [1.165, 1.54) is 0 Å². The molecule has 0 atom stereocenters. The van der Waals surface area contributed by atoms with Crippen molar-refractivity contribution in [3.05, 3.63) is 206 Å². The van der Waals surface area contributed by atoms with E-state index in [9.17, 15) is 0 Å². The van der Waals surface area contributed by atoms with Crippen molar-refractivity contribution in [1.82, 2.24) is 0 Å². The van der Waals surface area contributed by atoms with Gasteiger partial charge >= 0.3 is 411 Å². The number of fused-ring (bicyclic) bond motifs is 18. The zero-order valence-electron chi connectivity index (χ0n) is 36.8. The molecule has 0 fully saturated rings. The van der Waals surface area contributed by atoms with E-state index in [2.05, 4.69) is 214 Å². The molecular weight excluding hydrogens is 1040 g/mol. The monoisotopic (exact) mass is 1080 g/mol. The van der Waals surface area contributed by atoms with E-state index in [1.807, 2.05) is 12.1 Å². The first kappa shape index (κ1) is 37.2. The van der Waals surface area contributed by atoms with E-state index in [-0.39, 0.29) is 0 Å². The van der Waals surface area contributed by atoms with Crippen molar-refractivity contribution in [3.63, 3.8) is 0 Å². The second kappa shape index (κ2) is 13.5. The Morgan fingerprint density at radius 2 is 0.671 bits per heavy atom. The van der Waals surface area contributed by atoms with Crippen LogP contribution in [-0.4, -0.2) is 8.29 Å². The average molecular weight is 1080 g/mol. The molecule has 10 aromatic carbocycles. The molecule has 2 aromatic heterocycles. The van der Waals surface area contributed by atoms with Crippen molar-refractivity contribution in [2.45, 2.75) is 0 Å². The quantitative estimate of drug-likeness (QED) is 0.140. The van der Waals surface area contributed by atoms with E-state index >= 15 is 0 Å². The van der Waals surface area contributed by atoms with E-state index in [1.54, 1.807) is 0 Å². The van der Waals surface area contributed by atoms with Gasteiger partial charge in [-0.15, -0.1) is 0 Å². The third-order valence-corrected chi connectivity index (χ3v) is 17.5. The second-order valence-electron chi connectivity index (χ2n) is 18.2. The zero-order valence-corrected chi connectivity index (χ0v) is 39.1. The van der Waals surface area contributed by atoms with Crippen molar-refractivity contribution < 1.29 is 31.2 Å². The molecule has 7 nitrogen and oxygen atoms in total. The van der Waals surface area contributed by atoms with Crippen LogP contribution >= 0.6 is 0 Å². The van der Waals surface area contributed by atoms with Gasteiger partial charge in [-0.05, 0) is 0 Å². The fourth-order valence-corrected chi connectivity index (χ4v) is 15.0. The molecule has 16 bridgehead atoms. The minimum absolute atomic E-state index is 0.618. The number of furan rings is 2. The van der Waals surface area contributed by atoms with Gasteiger partial charge in [0.1, 0.15) is 0 Å². The molecule has 0 radical (unpaired) electrons. The molecular formula is C62H32N4O3Pt-2. The van der Waals surface area contributed by atoms with E-state index in [4.69, 9.17) is 13.6 Å². The molecule has 17 rings (SSSR count). The first-order valence-electron chi connectivity index (χ1n) is 23.3. The Bertz CT molecular complexity index is 4010. The van der Waals surface area contributed by atoms with Gasteiger partial charge in [-0.25, -0.2) is 0 Å². The molecule has 5 aliphatic rings. The minimum atomic E-state index is -1.24. The van der Waals surface area contributed by atoms with Crippen molar-refractivity contribution in [2.75, 3.05) is 19.6 Å². The maximum atomic E-state index is 6.75. The van der Waals surface area contributed by atoms with Gasteiger partial charge in [0.15, 0.2) is 0 Å². The molecule has 0 unspecified atom stereocenters. The van der Waals surface area contributed by atoms with Crippen LogP contribution < -0.4 is 24.3 Å². The van der Waals surface area contributed by atoms with Crippen molar-refractivity contribution in [2.24, 2.45) is 0 Å². The Kier molecular flexibility index (Phi) is 7.17. The van der Waals surface area contributed by atoms with E-state index in [0.29, 0.717) is 11.5 Å². The summed E-state index contributed by atoms with van der Waals surface area (Å²) in [5.74, 6) is 1.24. The van der Waals surface area contributed by atoms with Crippen LogP contribution in [0.25, 0.3) is 88.4 Å². The predicted molar refractivity (Wildman–Crippen MR) is 278 cm³/mol. The standard InChI is InChI=1S/C62H32N4O3.Pt/c1-3-19-55-53(17-1)63-35-65(55)61-45-13-7-14-46(61)38-22-26-58-50(30-38)52-32-40(24-28-60(52)69-58)48-16-8-15-47(39-23-27-59-51(31-39)49-29-37(45)21-25-57(49)68-59)62(48)66-36-64(54-18-2-4-20-56(54)66)42-10-6-12-44(34-42)67-43-11-5-9-41(63)33-43;/h1-32H;/q-2;. The van der Waals surface area contributed by atoms with Crippen LogP contribution in [0.3, 0.4) is 0 Å². The molecule has 0 saturated carbocycles. The SMILES string of the molecule is [c-]1c2cccc1N1[C]3=[Pt]=[C]4N(c5[c-]c(ccc5)O2)c2ccccc2N4c2c4cccc2-c2ccc5oc6ccc(cc6c5c2)-c2cccc(c2N3c2ccccc21)-c1ccc2oc3ccc-4cc3c2c1. The number of benzene rings is 10. The van der Waals surface area contributed by atoms with Crippen LogP contribution in [0.1, 0.15) is 0 Å². The number of rotatable bonds is 0. The number of ether oxygens (including phenoxy) is 1. The normalized spacial score (nSPS) is 14.6. The van der Waals surface area contributed by atoms with E-state index < -0.39 is 17.6 Å². The summed E-state index contributed by atoms with van der Waals surface area (Å²) in [5, 5.41) is 4.28. The van der Waals surface area contributed by atoms with Crippen LogP contribution in [0, 0.1) is 12.1 Å². The topological polar surface area (TPSA) is 48.5 Å². The van der Waals surface area contributed by atoms with Crippen LogP contribution in [0.2, 0.25) is 0 Å². The summed E-state index contributed by atoms with van der Waals surface area (Å²) >= 11 is -1.24. The van der Waals surface area contributed by atoms with Crippen molar-refractivity contribution >= 4 is 97.7 Å².